The van der Waals surface area contributed by atoms with E-state index >= 15 is 0 Å². The number of aromatic nitrogens is 1. The molecule has 2 aromatic heterocycles. The van der Waals surface area contributed by atoms with Crippen LogP contribution < -0.4 is 5.56 Å². The van der Waals surface area contributed by atoms with Gasteiger partial charge >= 0.3 is 5.97 Å². The summed E-state index contributed by atoms with van der Waals surface area (Å²) in [6.45, 7) is 2.37. The van der Waals surface area contributed by atoms with Gasteiger partial charge in [0, 0.05) is 16.2 Å². The molecular formula is C23H18BrNO4. The van der Waals surface area contributed by atoms with E-state index in [1.165, 1.54) is 4.57 Å². The standard InChI is InChI=1S/C23H18BrNO4/c1-15-17(8-5-9-19(15)24)21-14-18-20(29-21)10-11-25(22(18)26)12-13-28-23(27)16-6-3-2-4-7-16/h2-11,14H,12-13H2,1H3. The van der Waals surface area contributed by atoms with E-state index < -0.39 is 5.97 Å². The average molecular weight is 452 g/mol. The highest BCUT2D eigenvalue weighted by molar-refractivity contribution is 9.10. The lowest BCUT2D eigenvalue weighted by molar-refractivity contribution is 0.0490. The molecule has 0 saturated carbocycles. The Morgan fingerprint density at radius 2 is 1.90 bits per heavy atom. The van der Waals surface area contributed by atoms with Crippen molar-refractivity contribution in [3.63, 3.8) is 0 Å². The zero-order valence-corrected chi connectivity index (χ0v) is 17.3. The lowest BCUT2D eigenvalue weighted by Crippen LogP contribution is -2.22. The summed E-state index contributed by atoms with van der Waals surface area (Å²) in [7, 11) is 0. The van der Waals surface area contributed by atoms with Crippen LogP contribution in [-0.2, 0) is 11.3 Å². The fraction of sp³-hybridized carbons (Fsp3) is 0.130. The Bertz CT molecular complexity index is 1240. The molecule has 6 heteroatoms. The normalized spacial score (nSPS) is 11.0. The molecule has 0 spiro atoms. The topological polar surface area (TPSA) is 61.4 Å². The SMILES string of the molecule is Cc1c(Br)cccc1-c1cc2c(=O)n(CCOC(=O)c3ccccc3)ccc2o1. The number of furan rings is 1. The van der Waals surface area contributed by atoms with Gasteiger partial charge in [-0.25, -0.2) is 4.79 Å². The summed E-state index contributed by atoms with van der Waals surface area (Å²) >= 11 is 3.52. The molecule has 0 radical (unpaired) electrons. The van der Waals surface area contributed by atoms with Gasteiger partial charge in [-0.05, 0) is 42.8 Å². The summed E-state index contributed by atoms with van der Waals surface area (Å²) in [4.78, 5) is 24.8. The summed E-state index contributed by atoms with van der Waals surface area (Å²) in [6.07, 6.45) is 1.65. The van der Waals surface area contributed by atoms with Gasteiger partial charge in [-0.3, -0.25) is 4.79 Å². The second-order valence-corrected chi connectivity index (χ2v) is 7.47. The van der Waals surface area contributed by atoms with E-state index in [4.69, 9.17) is 9.15 Å². The third kappa shape index (κ3) is 3.89. The summed E-state index contributed by atoms with van der Waals surface area (Å²) in [6, 6.07) is 18.1. The summed E-state index contributed by atoms with van der Waals surface area (Å²) in [5.41, 5.74) is 2.81. The van der Waals surface area contributed by atoms with E-state index in [1.54, 1.807) is 42.6 Å². The van der Waals surface area contributed by atoms with E-state index in [0.29, 0.717) is 22.3 Å². The van der Waals surface area contributed by atoms with Gasteiger partial charge in [-0.1, -0.05) is 46.3 Å². The molecule has 0 aliphatic carbocycles. The van der Waals surface area contributed by atoms with Crippen molar-refractivity contribution in [1.82, 2.24) is 4.57 Å². The number of pyridine rings is 1. The molecule has 29 heavy (non-hydrogen) atoms. The number of esters is 1. The highest BCUT2D eigenvalue weighted by Crippen LogP contribution is 2.31. The van der Waals surface area contributed by atoms with Gasteiger partial charge in [-0.2, -0.15) is 0 Å². The Morgan fingerprint density at radius 3 is 2.69 bits per heavy atom. The first-order valence-corrected chi connectivity index (χ1v) is 9.94. The number of halogens is 1. The first-order valence-electron chi connectivity index (χ1n) is 9.15. The molecule has 0 amide bonds. The number of fused-ring (bicyclic) bond motifs is 1. The Hall–Kier alpha value is -3.12. The third-order valence-corrected chi connectivity index (χ3v) is 5.62. The maximum absolute atomic E-state index is 12.8. The zero-order valence-electron chi connectivity index (χ0n) is 15.7. The van der Waals surface area contributed by atoms with E-state index in [2.05, 4.69) is 15.9 Å². The predicted molar refractivity (Wildman–Crippen MR) is 115 cm³/mol. The minimum absolute atomic E-state index is 0.106. The van der Waals surface area contributed by atoms with Crippen molar-refractivity contribution in [3.8, 4) is 11.3 Å². The Morgan fingerprint density at radius 1 is 1.10 bits per heavy atom. The van der Waals surface area contributed by atoms with Crippen molar-refractivity contribution in [2.45, 2.75) is 13.5 Å². The van der Waals surface area contributed by atoms with Gasteiger partial charge in [0.2, 0.25) is 0 Å². The molecular weight excluding hydrogens is 434 g/mol. The average Bonchev–Trinajstić information content (AvgIpc) is 3.17. The molecule has 4 rings (SSSR count). The number of carbonyl (C=O) groups is 1. The quantitative estimate of drug-likeness (QED) is 0.391. The van der Waals surface area contributed by atoms with Gasteiger partial charge in [0.05, 0.1) is 17.5 Å². The molecule has 0 bridgehead atoms. The van der Waals surface area contributed by atoms with Crippen LogP contribution in [-0.4, -0.2) is 17.1 Å². The smallest absolute Gasteiger partial charge is 0.338 e. The molecule has 0 N–H and O–H groups in total. The Kier molecular flexibility index (Phi) is 5.36. The third-order valence-electron chi connectivity index (χ3n) is 4.77. The molecule has 2 aromatic carbocycles. The number of rotatable bonds is 5. The maximum atomic E-state index is 12.8. The fourth-order valence-electron chi connectivity index (χ4n) is 3.15. The zero-order chi connectivity index (χ0) is 20.4. The van der Waals surface area contributed by atoms with Crippen molar-refractivity contribution < 1.29 is 13.9 Å². The van der Waals surface area contributed by atoms with Crippen LogP contribution in [0.4, 0.5) is 0 Å². The number of hydrogen-bond acceptors (Lipinski definition) is 4. The van der Waals surface area contributed by atoms with Gasteiger partial charge in [0.1, 0.15) is 18.0 Å². The molecule has 2 heterocycles. The van der Waals surface area contributed by atoms with Crippen LogP contribution >= 0.6 is 15.9 Å². The van der Waals surface area contributed by atoms with E-state index in [0.717, 1.165) is 15.6 Å². The molecule has 0 fully saturated rings. The monoisotopic (exact) mass is 451 g/mol. The molecule has 0 atom stereocenters. The van der Waals surface area contributed by atoms with Crippen LogP contribution in [0.1, 0.15) is 15.9 Å². The molecule has 0 aliphatic rings. The second kappa shape index (κ2) is 8.09. The molecule has 0 aliphatic heterocycles. The van der Waals surface area contributed by atoms with Gasteiger partial charge < -0.3 is 13.7 Å². The lowest BCUT2D eigenvalue weighted by atomic mass is 10.1. The van der Waals surface area contributed by atoms with Crippen molar-refractivity contribution in [2.75, 3.05) is 6.61 Å². The van der Waals surface area contributed by atoms with Crippen molar-refractivity contribution >= 4 is 32.9 Å². The second-order valence-electron chi connectivity index (χ2n) is 6.62. The highest BCUT2D eigenvalue weighted by atomic mass is 79.9. The number of nitrogens with zero attached hydrogens (tertiary/aromatic N) is 1. The van der Waals surface area contributed by atoms with Crippen LogP contribution in [0.15, 0.2) is 80.5 Å². The van der Waals surface area contributed by atoms with Crippen molar-refractivity contribution in [1.29, 1.82) is 0 Å². The van der Waals surface area contributed by atoms with Crippen molar-refractivity contribution in [3.05, 3.63) is 92.8 Å². The van der Waals surface area contributed by atoms with Gasteiger partial charge in [-0.15, -0.1) is 0 Å². The molecule has 0 saturated heterocycles. The number of benzene rings is 2. The molecule has 5 nitrogen and oxygen atoms in total. The summed E-state index contributed by atoms with van der Waals surface area (Å²) < 4.78 is 13.7. The minimum Gasteiger partial charge on any atom is -0.460 e. The molecule has 0 unspecified atom stereocenters. The Balaban J connectivity index is 1.54. The largest absolute Gasteiger partial charge is 0.460 e. The number of ether oxygens (including phenoxy) is 1. The summed E-state index contributed by atoms with van der Waals surface area (Å²) in [5, 5.41) is 0.497. The van der Waals surface area contributed by atoms with Crippen LogP contribution in [0, 0.1) is 6.92 Å². The predicted octanol–water partition coefficient (Wildman–Crippen LogP) is 5.19. The van der Waals surface area contributed by atoms with Gasteiger partial charge in [0.15, 0.2) is 0 Å². The van der Waals surface area contributed by atoms with Crippen LogP contribution in [0.3, 0.4) is 0 Å². The van der Waals surface area contributed by atoms with E-state index in [-0.39, 0.29) is 18.7 Å². The van der Waals surface area contributed by atoms with Gasteiger partial charge in [0.25, 0.3) is 5.56 Å². The molecule has 146 valence electrons. The minimum atomic E-state index is -0.407. The van der Waals surface area contributed by atoms with Crippen LogP contribution in [0.5, 0.6) is 0 Å². The highest BCUT2D eigenvalue weighted by Gasteiger charge is 2.14. The first kappa shape index (κ1) is 19.2. The first-order chi connectivity index (χ1) is 14.0. The summed E-state index contributed by atoms with van der Waals surface area (Å²) in [5.74, 6) is 0.236. The fourth-order valence-corrected chi connectivity index (χ4v) is 3.52. The van der Waals surface area contributed by atoms with Crippen LogP contribution in [0.2, 0.25) is 0 Å². The number of carbonyl (C=O) groups excluding carboxylic acids is 1. The maximum Gasteiger partial charge on any atom is 0.338 e. The van der Waals surface area contributed by atoms with Crippen molar-refractivity contribution in [2.24, 2.45) is 0 Å². The van der Waals surface area contributed by atoms with E-state index in [1.807, 2.05) is 31.2 Å². The Labute approximate surface area is 175 Å². The van der Waals surface area contributed by atoms with Crippen LogP contribution in [0.25, 0.3) is 22.3 Å². The lowest BCUT2D eigenvalue weighted by Gasteiger charge is -2.07. The number of hydrogen-bond donors (Lipinski definition) is 0. The molecule has 4 aromatic rings. The van der Waals surface area contributed by atoms with E-state index in [9.17, 15) is 9.59 Å².